The lowest BCUT2D eigenvalue weighted by Crippen LogP contribution is -2.45. The summed E-state index contributed by atoms with van der Waals surface area (Å²) in [5, 5.41) is 0. The lowest BCUT2D eigenvalue weighted by atomic mass is 10.1. The van der Waals surface area contributed by atoms with Crippen LogP contribution in [0.15, 0.2) is 24.3 Å². The molecule has 122 valence electrons. The molecular weight excluding hydrogens is 280 g/mol. The SMILES string of the molecule is CCOc1ccccc1OCCCC(=O)N1CCCC(N)C1. The summed E-state index contributed by atoms with van der Waals surface area (Å²) in [6.45, 7) is 4.58. The number of rotatable bonds is 7. The Labute approximate surface area is 132 Å². The Morgan fingerprint density at radius 2 is 2.05 bits per heavy atom. The van der Waals surface area contributed by atoms with Crippen molar-refractivity contribution in [3.63, 3.8) is 0 Å². The molecule has 1 aliphatic heterocycles. The molecular formula is C17H26N2O3. The minimum Gasteiger partial charge on any atom is -0.490 e. The van der Waals surface area contributed by atoms with Gasteiger partial charge in [-0.05, 0) is 38.3 Å². The first kappa shape index (κ1) is 16.6. The van der Waals surface area contributed by atoms with Crippen LogP contribution in [0.3, 0.4) is 0 Å². The summed E-state index contributed by atoms with van der Waals surface area (Å²) in [4.78, 5) is 14.0. The van der Waals surface area contributed by atoms with E-state index in [0.29, 0.717) is 32.6 Å². The van der Waals surface area contributed by atoms with E-state index in [9.17, 15) is 4.79 Å². The van der Waals surface area contributed by atoms with Crippen LogP contribution < -0.4 is 15.2 Å². The van der Waals surface area contributed by atoms with Crippen molar-refractivity contribution in [1.82, 2.24) is 4.90 Å². The summed E-state index contributed by atoms with van der Waals surface area (Å²) >= 11 is 0. The number of amides is 1. The fourth-order valence-electron chi connectivity index (χ4n) is 2.64. The number of ether oxygens (including phenoxy) is 2. The van der Waals surface area contributed by atoms with Crippen molar-refractivity contribution in [1.29, 1.82) is 0 Å². The molecule has 5 nitrogen and oxygen atoms in total. The van der Waals surface area contributed by atoms with Gasteiger partial charge in [0.1, 0.15) is 0 Å². The van der Waals surface area contributed by atoms with Crippen LogP contribution in [-0.2, 0) is 4.79 Å². The second-order valence-corrected chi connectivity index (χ2v) is 5.57. The molecule has 1 fully saturated rings. The van der Waals surface area contributed by atoms with Crippen molar-refractivity contribution in [3.05, 3.63) is 24.3 Å². The number of nitrogens with zero attached hydrogens (tertiary/aromatic N) is 1. The molecule has 0 spiro atoms. The molecule has 1 saturated heterocycles. The second kappa shape index (κ2) is 8.63. The summed E-state index contributed by atoms with van der Waals surface area (Å²) in [6.07, 6.45) is 3.22. The molecule has 0 aliphatic carbocycles. The summed E-state index contributed by atoms with van der Waals surface area (Å²) in [7, 11) is 0. The molecule has 1 unspecified atom stereocenters. The Bertz CT molecular complexity index is 479. The number of piperidine rings is 1. The van der Waals surface area contributed by atoms with Crippen LogP contribution in [0.5, 0.6) is 11.5 Å². The van der Waals surface area contributed by atoms with Gasteiger partial charge in [-0.3, -0.25) is 4.79 Å². The number of para-hydroxylation sites is 2. The number of carbonyl (C=O) groups is 1. The minimum absolute atomic E-state index is 0.131. The maximum Gasteiger partial charge on any atom is 0.222 e. The second-order valence-electron chi connectivity index (χ2n) is 5.57. The third-order valence-corrected chi connectivity index (χ3v) is 3.75. The van der Waals surface area contributed by atoms with Gasteiger partial charge in [-0.1, -0.05) is 12.1 Å². The molecule has 1 aromatic rings. The van der Waals surface area contributed by atoms with Crippen LogP contribution in [-0.4, -0.2) is 43.2 Å². The molecule has 0 aromatic heterocycles. The Balaban J connectivity index is 1.71. The largest absolute Gasteiger partial charge is 0.490 e. The number of carbonyl (C=O) groups excluding carboxylic acids is 1. The molecule has 22 heavy (non-hydrogen) atoms. The van der Waals surface area contributed by atoms with Crippen molar-refractivity contribution in [2.75, 3.05) is 26.3 Å². The zero-order valence-electron chi connectivity index (χ0n) is 13.3. The first-order chi connectivity index (χ1) is 10.7. The Morgan fingerprint density at radius 1 is 1.32 bits per heavy atom. The molecule has 2 rings (SSSR count). The fourth-order valence-corrected chi connectivity index (χ4v) is 2.64. The van der Waals surface area contributed by atoms with Gasteiger partial charge in [-0.15, -0.1) is 0 Å². The number of hydrogen-bond donors (Lipinski definition) is 1. The normalized spacial score (nSPS) is 18.1. The Kier molecular flexibility index (Phi) is 6.52. The standard InChI is InChI=1S/C17H26N2O3/c1-2-21-15-8-3-4-9-16(15)22-12-6-10-17(20)19-11-5-7-14(18)13-19/h3-4,8-9,14H,2,5-7,10-13,18H2,1H3. The maximum atomic E-state index is 12.1. The van der Waals surface area contributed by atoms with E-state index in [1.807, 2.05) is 36.1 Å². The van der Waals surface area contributed by atoms with Crippen LogP contribution in [0, 0.1) is 0 Å². The summed E-state index contributed by atoms with van der Waals surface area (Å²) < 4.78 is 11.2. The minimum atomic E-state index is 0.131. The molecule has 2 N–H and O–H groups in total. The highest BCUT2D eigenvalue weighted by atomic mass is 16.5. The highest BCUT2D eigenvalue weighted by Crippen LogP contribution is 2.26. The first-order valence-corrected chi connectivity index (χ1v) is 8.08. The third-order valence-electron chi connectivity index (χ3n) is 3.75. The fraction of sp³-hybridized carbons (Fsp3) is 0.588. The number of hydrogen-bond acceptors (Lipinski definition) is 4. The zero-order valence-corrected chi connectivity index (χ0v) is 13.3. The van der Waals surface area contributed by atoms with Gasteiger partial charge in [0.25, 0.3) is 0 Å². The van der Waals surface area contributed by atoms with Crippen molar-refractivity contribution >= 4 is 5.91 Å². The monoisotopic (exact) mass is 306 g/mol. The molecule has 1 aromatic carbocycles. The molecule has 5 heteroatoms. The van der Waals surface area contributed by atoms with E-state index in [1.165, 1.54) is 0 Å². The average Bonchev–Trinajstić information content (AvgIpc) is 2.53. The van der Waals surface area contributed by atoms with Crippen molar-refractivity contribution in [3.8, 4) is 11.5 Å². The van der Waals surface area contributed by atoms with E-state index < -0.39 is 0 Å². The number of likely N-dealkylation sites (tertiary alicyclic amines) is 1. The van der Waals surface area contributed by atoms with Gasteiger partial charge < -0.3 is 20.1 Å². The van der Waals surface area contributed by atoms with Gasteiger partial charge in [-0.2, -0.15) is 0 Å². The van der Waals surface area contributed by atoms with Crippen molar-refractivity contribution in [2.24, 2.45) is 5.73 Å². The van der Waals surface area contributed by atoms with Crippen LogP contribution in [0.1, 0.15) is 32.6 Å². The molecule has 0 radical (unpaired) electrons. The van der Waals surface area contributed by atoms with Gasteiger partial charge >= 0.3 is 0 Å². The predicted molar refractivity (Wildman–Crippen MR) is 86.1 cm³/mol. The van der Waals surface area contributed by atoms with Gasteiger partial charge in [0.2, 0.25) is 5.91 Å². The Hall–Kier alpha value is -1.75. The number of nitrogens with two attached hydrogens (primary N) is 1. The highest BCUT2D eigenvalue weighted by Gasteiger charge is 2.20. The van der Waals surface area contributed by atoms with E-state index in [2.05, 4.69) is 0 Å². The molecule has 1 atom stereocenters. The highest BCUT2D eigenvalue weighted by molar-refractivity contribution is 5.76. The van der Waals surface area contributed by atoms with E-state index in [-0.39, 0.29) is 11.9 Å². The van der Waals surface area contributed by atoms with Crippen LogP contribution in [0.2, 0.25) is 0 Å². The zero-order chi connectivity index (χ0) is 15.8. The third kappa shape index (κ3) is 4.91. The van der Waals surface area contributed by atoms with Crippen molar-refractivity contribution in [2.45, 2.75) is 38.6 Å². The van der Waals surface area contributed by atoms with Gasteiger partial charge in [-0.25, -0.2) is 0 Å². The van der Waals surface area contributed by atoms with Crippen molar-refractivity contribution < 1.29 is 14.3 Å². The topological polar surface area (TPSA) is 64.8 Å². The molecule has 1 aliphatic rings. The van der Waals surface area contributed by atoms with E-state index >= 15 is 0 Å². The van der Waals surface area contributed by atoms with Crippen LogP contribution in [0.25, 0.3) is 0 Å². The van der Waals surface area contributed by atoms with Gasteiger partial charge in [0, 0.05) is 25.6 Å². The van der Waals surface area contributed by atoms with E-state index in [0.717, 1.165) is 30.9 Å². The summed E-state index contributed by atoms with van der Waals surface area (Å²) in [6, 6.07) is 7.74. The van der Waals surface area contributed by atoms with E-state index in [1.54, 1.807) is 0 Å². The van der Waals surface area contributed by atoms with Gasteiger partial charge in [0.05, 0.1) is 13.2 Å². The van der Waals surface area contributed by atoms with Gasteiger partial charge in [0.15, 0.2) is 11.5 Å². The number of benzene rings is 1. The molecule has 1 amide bonds. The lowest BCUT2D eigenvalue weighted by molar-refractivity contribution is -0.132. The quantitative estimate of drug-likeness (QED) is 0.784. The maximum absolute atomic E-state index is 12.1. The summed E-state index contributed by atoms with van der Waals surface area (Å²) in [5.74, 6) is 1.66. The molecule has 0 bridgehead atoms. The summed E-state index contributed by atoms with van der Waals surface area (Å²) in [5.41, 5.74) is 5.91. The molecule has 1 heterocycles. The Morgan fingerprint density at radius 3 is 2.73 bits per heavy atom. The van der Waals surface area contributed by atoms with Crippen LogP contribution in [0.4, 0.5) is 0 Å². The predicted octanol–water partition coefficient (Wildman–Crippen LogP) is 2.19. The van der Waals surface area contributed by atoms with E-state index in [4.69, 9.17) is 15.2 Å². The molecule has 0 saturated carbocycles. The first-order valence-electron chi connectivity index (χ1n) is 8.08. The van der Waals surface area contributed by atoms with Crippen LogP contribution >= 0.6 is 0 Å². The smallest absolute Gasteiger partial charge is 0.222 e. The average molecular weight is 306 g/mol. The lowest BCUT2D eigenvalue weighted by Gasteiger charge is -2.30.